The van der Waals surface area contributed by atoms with E-state index < -0.39 is 5.91 Å². The molecule has 0 unspecified atom stereocenters. The topological polar surface area (TPSA) is 91.2 Å². The molecular weight excluding hydrogens is 282 g/mol. The van der Waals surface area contributed by atoms with Gasteiger partial charge in [-0.05, 0) is 43.0 Å². The molecule has 1 aliphatic rings. The number of carbonyl (C=O) groups excluding carboxylic acids is 2. The van der Waals surface area contributed by atoms with Crippen LogP contribution in [0.25, 0.3) is 0 Å². The number of nitrogens with one attached hydrogen (secondary N) is 2. The fraction of sp³-hybridized carbons (Fsp3) is 0.438. The lowest BCUT2D eigenvalue weighted by atomic mass is 10.0. The van der Waals surface area contributed by atoms with E-state index >= 15 is 0 Å². The summed E-state index contributed by atoms with van der Waals surface area (Å²) in [5.41, 5.74) is 5.26. The van der Waals surface area contributed by atoms with E-state index in [2.05, 4.69) is 10.9 Å². The lowest BCUT2D eigenvalue weighted by Crippen LogP contribution is -2.44. The number of ether oxygens (including phenoxy) is 1. The second-order valence-corrected chi connectivity index (χ2v) is 5.38. The minimum Gasteiger partial charge on any atom is -0.484 e. The summed E-state index contributed by atoms with van der Waals surface area (Å²) in [6, 6.07) is 8.45. The van der Waals surface area contributed by atoms with Crippen molar-refractivity contribution in [3.8, 4) is 11.8 Å². The van der Waals surface area contributed by atoms with Gasteiger partial charge in [0.05, 0.1) is 11.6 Å². The average Bonchev–Trinajstić information content (AvgIpc) is 3.04. The van der Waals surface area contributed by atoms with Crippen LogP contribution < -0.4 is 15.6 Å². The Bertz CT molecular complexity index is 557. The smallest absolute Gasteiger partial charge is 0.276 e. The van der Waals surface area contributed by atoms with Crippen LogP contribution in [0.2, 0.25) is 0 Å². The highest BCUT2D eigenvalue weighted by Crippen LogP contribution is 2.27. The summed E-state index contributed by atoms with van der Waals surface area (Å²) in [6.45, 7) is -0.199. The van der Waals surface area contributed by atoms with Gasteiger partial charge in [0.1, 0.15) is 5.75 Å². The van der Waals surface area contributed by atoms with Gasteiger partial charge in [0, 0.05) is 6.42 Å². The van der Waals surface area contributed by atoms with Crippen molar-refractivity contribution in [2.45, 2.75) is 32.1 Å². The Morgan fingerprint density at radius 1 is 1.14 bits per heavy atom. The van der Waals surface area contributed by atoms with Gasteiger partial charge in [0.15, 0.2) is 6.61 Å². The number of hydrogen-bond donors (Lipinski definition) is 2. The zero-order valence-corrected chi connectivity index (χ0v) is 12.3. The van der Waals surface area contributed by atoms with Crippen LogP contribution in [0.5, 0.6) is 5.75 Å². The zero-order valence-electron chi connectivity index (χ0n) is 12.3. The molecule has 22 heavy (non-hydrogen) atoms. The van der Waals surface area contributed by atoms with Gasteiger partial charge in [-0.3, -0.25) is 20.4 Å². The molecule has 0 bridgehead atoms. The number of carbonyl (C=O) groups is 2. The molecule has 6 heteroatoms. The summed E-state index contributed by atoms with van der Waals surface area (Å²) in [6.07, 6.45) is 4.99. The molecule has 1 aromatic rings. The predicted octanol–water partition coefficient (Wildman–Crippen LogP) is 1.66. The molecule has 6 nitrogen and oxygen atoms in total. The molecule has 0 heterocycles. The van der Waals surface area contributed by atoms with Crippen LogP contribution in [0.15, 0.2) is 24.3 Å². The number of nitrogens with zero attached hydrogens (tertiary/aromatic N) is 1. The van der Waals surface area contributed by atoms with Gasteiger partial charge in [0.25, 0.3) is 5.91 Å². The molecule has 2 N–H and O–H groups in total. The summed E-state index contributed by atoms with van der Waals surface area (Å²) in [4.78, 5) is 23.2. The Kier molecular flexibility index (Phi) is 5.78. The number of nitriles is 1. The maximum absolute atomic E-state index is 11.7. The van der Waals surface area contributed by atoms with E-state index in [-0.39, 0.29) is 12.5 Å². The summed E-state index contributed by atoms with van der Waals surface area (Å²) < 4.78 is 5.26. The average molecular weight is 301 g/mol. The van der Waals surface area contributed by atoms with Crippen molar-refractivity contribution in [3.05, 3.63) is 29.8 Å². The van der Waals surface area contributed by atoms with E-state index in [9.17, 15) is 9.59 Å². The summed E-state index contributed by atoms with van der Waals surface area (Å²) in [5, 5.41) is 8.68. The van der Waals surface area contributed by atoms with Crippen molar-refractivity contribution >= 4 is 11.8 Å². The van der Waals surface area contributed by atoms with Gasteiger partial charge in [-0.2, -0.15) is 5.26 Å². The largest absolute Gasteiger partial charge is 0.484 e. The SMILES string of the molecule is N#Cc1ccc(OCC(=O)NNC(=O)CC2CCCC2)cc1. The Balaban J connectivity index is 1.64. The third kappa shape index (κ3) is 5.09. The second-order valence-electron chi connectivity index (χ2n) is 5.38. The highest BCUT2D eigenvalue weighted by molar-refractivity contribution is 5.82. The lowest BCUT2D eigenvalue weighted by Gasteiger charge is -2.11. The molecule has 0 radical (unpaired) electrons. The van der Waals surface area contributed by atoms with E-state index in [1.807, 2.05) is 6.07 Å². The number of amides is 2. The maximum Gasteiger partial charge on any atom is 0.276 e. The molecular formula is C16H19N3O3. The van der Waals surface area contributed by atoms with E-state index in [0.717, 1.165) is 12.8 Å². The van der Waals surface area contributed by atoms with Crippen LogP contribution in [0, 0.1) is 17.2 Å². The fourth-order valence-corrected chi connectivity index (χ4v) is 2.48. The Labute approximate surface area is 129 Å². The van der Waals surface area contributed by atoms with Gasteiger partial charge in [-0.1, -0.05) is 12.8 Å². The van der Waals surface area contributed by atoms with Crippen molar-refractivity contribution in [3.63, 3.8) is 0 Å². The van der Waals surface area contributed by atoms with Crippen molar-refractivity contribution < 1.29 is 14.3 Å². The minimum absolute atomic E-state index is 0.168. The quantitative estimate of drug-likeness (QED) is 0.809. The minimum atomic E-state index is -0.427. The Hall–Kier alpha value is -2.55. The highest BCUT2D eigenvalue weighted by Gasteiger charge is 2.18. The van der Waals surface area contributed by atoms with E-state index in [4.69, 9.17) is 10.00 Å². The summed E-state index contributed by atoms with van der Waals surface area (Å²) in [7, 11) is 0. The summed E-state index contributed by atoms with van der Waals surface area (Å²) in [5.74, 6) is 0.334. The number of hydrazine groups is 1. The zero-order chi connectivity index (χ0) is 15.8. The predicted molar refractivity (Wildman–Crippen MR) is 79.5 cm³/mol. The molecule has 1 fully saturated rings. The van der Waals surface area contributed by atoms with Gasteiger partial charge in [-0.25, -0.2) is 0 Å². The second kappa shape index (κ2) is 8.03. The van der Waals surface area contributed by atoms with Crippen LogP contribution in [-0.4, -0.2) is 18.4 Å². The van der Waals surface area contributed by atoms with E-state index in [0.29, 0.717) is 23.7 Å². The molecule has 2 rings (SSSR count). The molecule has 1 aliphatic carbocycles. The molecule has 0 aromatic heterocycles. The highest BCUT2D eigenvalue weighted by atomic mass is 16.5. The molecule has 0 aliphatic heterocycles. The van der Waals surface area contributed by atoms with Gasteiger partial charge < -0.3 is 4.74 Å². The lowest BCUT2D eigenvalue weighted by molar-refractivity contribution is -0.130. The molecule has 0 saturated heterocycles. The van der Waals surface area contributed by atoms with Gasteiger partial charge >= 0.3 is 0 Å². The summed E-state index contributed by atoms with van der Waals surface area (Å²) >= 11 is 0. The van der Waals surface area contributed by atoms with Crippen molar-refractivity contribution in [1.29, 1.82) is 5.26 Å². The van der Waals surface area contributed by atoms with Gasteiger partial charge in [-0.15, -0.1) is 0 Å². The van der Waals surface area contributed by atoms with Crippen LogP contribution >= 0.6 is 0 Å². The molecule has 2 amide bonds. The molecule has 116 valence electrons. The van der Waals surface area contributed by atoms with Crippen molar-refractivity contribution in [1.82, 2.24) is 10.9 Å². The Morgan fingerprint density at radius 2 is 1.77 bits per heavy atom. The normalized spacial score (nSPS) is 14.1. The van der Waals surface area contributed by atoms with E-state index in [1.165, 1.54) is 12.8 Å². The van der Waals surface area contributed by atoms with Crippen molar-refractivity contribution in [2.75, 3.05) is 6.61 Å². The molecule has 0 atom stereocenters. The van der Waals surface area contributed by atoms with E-state index in [1.54, 1.807) is 24.3 Å². The van der Waals surface area contributed by atoms with Gasteiger partial charge in [0.2, 0.25) is 5.91 Å². The first-order valence-corrected chi connectivity index (χ1v) is 7.38. The first kappa shape index (κ1) is 15.8. The van der Waals surface area contributed by atoms with Crippen molar-refractivity contribution in [2.24, 2.45) is 5.92 Å². The third-order valence-electron chi connectivity index (χ3n) is 3.64. The van der Waals surface area contributed by atoms with Crippen LogP contribution in [0.3, 0.4) is 0 Å². The molecule has 1 saturated carbocycles. The van der Waals surface area contributed by atoms with Crippen LogP contribution in [-0.2, 0) is 9.59 Å². The number of benzene rings is 1. The standard InChI is InChI=1S/C16H19N3O3/c17-10-13-5-7-14(8-6-13)22-11-16(21)19-18-15(20)9-12-3-1-2-4-12/h5-8,12H,1-4,9,11H2,(H,18,20)(H,19,21). The third-order valence-corrected chi connectivity index (χ3v) is 3.64. The fourth-order valence-electron chi connectivity index (χ4n) is 2.48. The Morgan fingerprint density at radius 3 is 2.41 bits per heavy atom. The first-order chi connectivity index (χ1) is 10.7. The van der Waals surface area contributed by atoms with Crippen LogP contribution in [0.1, 0.15) is 37.7 Å². The monoisotopic (exact) mass is 301 g/mol. The van der Waals surface area contributed by atoms with Crippen LogP contribution in [0.4, 0.5) is 0 Å². The number of rotatable bonds is 5. The first-order valence-electron chi connectivity index (χ1n) is 7.38. The maximum atomic E-state index is 11.7. The molecule has 0 spiro atoms. The molecule has 1 aromatic carbocycles. The number of hydrogen-bond acceptors (Lipinski definition) is 4.